The van der Waals surface area contributed by atoms with E-state index in [2.05, 4.69) is 32.8 Å². The number of nitrogens with zero attached hydrogens (tertiary/aromatic N) is 2. The molecule has 0 saturated carbocycles. The molecular formula is C15H30N2O2. The lowest BCUT2D eigenvalue weighted by molar-refractivity contribution is -0.144. The number of hydrogen-bond acceptors (Lipinski definition) is 3. The molecule has 1 fully saturated rings. The average molecular weight is 270 g/mol. The van der Waals surface area contributed by atoms with Crippen molar-refractivity contribution in [2.75, 3.05) is 33.8 Å². The van der Waals surface area contributed by atoms with Crippen molar-refractivity contribution in [3.05, 3.63) is 0 Å². The quantitative estimate of drug-likeness (QED) is 0.740. The van der Waals surface area contributed by atoms with Gasteiger partial charge >= 0.3 is 0 Å². The average Bonchev–Trinajstić information content (AvgIpc) is 2.37. The lowest BCUT2D eigenvalue weighted by Gasteiger charge is -2.36. The van der Waals surface area contributed by atoms with Crippen LogP contribution in [0.4, 0.5) is 0 Å². The number of carbonyl (C=O) groups is 1. The molecule has 1 rings (SSSR count). The molecule has 1 saturated heterocycles. The number of ether oxygens (including phenoxy) is 1. The second kappa shape index (κ2) is 7.85. The van der Waals surface area contributed by atoms with Gasteiger partial charge in [0.15, 0.2) is 0 Å². The molecule has 0 N–H and O–H groups in total. The van der Waals surface area contributed by atoms with Crippen LogP contribution in [-0.2, 0) is 9.53 Å². The van der Waals surface area contributed by atoms with E-state index in [0.29, 0.717) is 18.6 Å². The van der Waals surface area contributed by atoms with Crippen molar-refractivity contribution in [2.24, 2.45) is 5.92 Å². The molecule has 0 bridgehead atoms. The van der Waals surface area contributed by atoms with E-state index in [4.69, 9.17) is 4.74 Å². The van der Waals surface area contributed by atoms with Gasteiger partial charge in [0, 0.05) is 25.7 Å². The largest absolute Gasteiger partial charge is 0.369 e. The van der Waals surface area contributed by atoms with Crippen molar-refractivity contribution in [1.29, 1.82) is 0 Å². The third kappa shape index (κ3) is 5.49. The standard InChI is InChI=1S/C15H30N2O2/c1-12(2)8-11-19-13(3)15(18)17-9-6-14(7-10-17)16(4)5/h12-14H,6-11H2,1-5H3. The van der Waals surface area contributed by atoms with Crippen molar-refractivity contribution in [3.63, 3.8) is 0 Å². The minimum absolute atomic E-state index is 0.154. The van der Waals surface area contributed by atoms with Gasteiger partial charge < -0.3 is 14.5 Å². The first-order chi connectivity index (χ1) is 8.91. The summed E-state index contributed by atoms with van der Waals surface area (Å²) in [5, 5.41) is 0. The summed E-state index contributed by atoms with van der Waals surface area (Å²) in [7, 11) is 4.22. The highest BCUT2D eigenvalue weighted by molar-refractivity contribution is 5.80. The Balaban J connectivity index is 2.30. The first-order valence-electron chi connectivity index (χ1n) is 7.48. The van der Waals surface area contributed by atoms with Gasteiger partial charge in [0.25, 0.3) is 5.91 Å². The Hall–Kier alpha value is -0.610. The monoisotopic (exact) mass is 270 g/mol. The first kappa shape index (κ1) is 16.4. The third-order valence-corrected chi connectivity index (χ3v) is 3.92. The fraction of sp³-hybridized carbons (Fsp3) is 0.933. The van der Waals surface area contributed by atoms with Crippen LogP contribution in [-0.4, -0.2) is 61.6 Å². The predicted octanol–water partition coefficient (Wildman–Crippen LogP) is 1.99. The zero-order valence-electron chi connectivity index (χ0n) is 13.2. The molecule has 19 heavy (non-hydrogen) atoms. The number of likely N-dealkylation sites (tertiary alicyclic amines) is 1. The van der Waals surface area contributed by atoms with Crippen LogP contribution in [0.3, 0.4) is 0 Å². The van der Waals surface area contributed by atoms with Crippen molar-refractivity contribution in [3.8, 4) is 0 Å². The number of hydrogen-bond donors (Lipinski definition) is 0. The summed E-state index contributed by atoms with van der Waals surface area (Å²) in [5.74, 6) is 0.777. The van der Waals surface area contributed by atoms with Gasteiger partial charge in [-0.2, -0.15) is 0 Å². The van der Waals surface area contributed by atoms with Crippen LogP contribution in [0.1, 0.15) is 40.0 Å². The SMILES string of the molecule is CC(C)CCOC(C)C(=O)N1CCC(N(C)C)CC1. The van der Waals surface area contributed by atoms with Gasteiger partial charge in [0.1, 0.15) is 6.10 Å². The van der Waals surface area contributed by atoms with Gasteiger partial charge in [0.2, 0.25) is 0 Å². The van der Waals surface area contributed by atoms with Crippen LogP contribution in [0.25, 0.3) is 0 Å². The minimum Gasteiger partial charge on any atom is -0.369 e. The number of amides is 1. The van der Waals surface area contributed by atoms with Crippen molar-refractivity contribution in [1.82, 2.24) is 9.80 Å². The van der Waals surface area contributed by atoms with Crippen LogP contribution < -0.4 is 0 Å². The zero-order chi connectivity index (χ0) is 14.4. The molecule has 0 aromatic heterocycles. The van der Waals surface area contributed by atoms with E-state index >= 15 is 0 Å². The van der Waals surface area contributed by atoms with Crippen LogP contribution in [0.15, 0.2) is 0 Å². The summed E-state index contributed by atoms with van der Waals surface area (Å²) in [6, 6.07) is 0.612. The van der Waals surface area contributed by atoms with Crippen molar-refractivity contribution < 1.29 is 9.53 Å². The topological polar surface area (TPSA) is 32.8 Å². The summed E-state index contributed by atoms with van der Waals surface area (Å²) >= 11 is 0. The number of carbonyl (C=O) groups excluding carboxylic acids is 1. The zero-order valence-corrected chi connectivity index (χ0v) is 13.2. The molecule has 0 aromatic rings. The Kier molecular flexibility index (Phi) is 6.80. The van der Waals surface area contributed by atoms with E-state index < -0.39 is 0 Å². The maximum atomic E-state index is 12.2. The highest BCUT2D eigenvalue weighted by Gasteiger charge is 2.26. The summed E-state index contributed by atoms with van der Waals surface area (Å²) in [6.07, 6.45) is 2.85. The molecule has 1 aliphatic rings. The molecular weight excluding hydrogens is 240 g/mol. The maximum Gasteiger partial charge on any atom is 0.251 e. The molecule has 4 nitrogen and oxygen atoms in total. The van der Waals surface area contributed by atoms with E-state index in [1.807, 2.05) is 11.8 Å². The Morgan fingerprint density at radius 2 is 1.84 bits per heavy atom. The Labute approximate surface area is 118 Å². The molecule has 1 heterocycles. The number of rotatable bonds is 6. The van der Waals surface area contributed by atoms with Gasteiger partial charge in [-0.05, 0) is 46.2 Å². The predicted molar refractivity (Wildman–Crippen MR) is 78.2 cm³/mol. The number of piperidine rings is 1. The summed E-state index contributed by atoms with van der Waals surface area (Å²) in [5.41, 5.74) is 0. The van der Waals surface area contributed by atoms with Crippen LogP contribution in [0.5, 0.6) is 0 Å². The molecule has 0 aliphatic carbocycles. The molecule has 0 radical (unpaired) electrons. The maximum absolute atomic E-state index is 12.2. The Morgan fingerprint density at radius 3 is 2.32 bits per heavy atom. The van der Waals surface area contributed by atoms with Gasteiger partial charge in [-0.1, -0.05) is 13.8 Å². The molecule has 0 aromatic carbocycles. The molecule has 1 unspecified atom stereocenters. The van der Waals surface area contributed by atoms with Crippen LogP contribution in [0.2, 0.25) is 0 Å². The van der Waals surface area contributed by atoms with Crippen molar-refractivity contribution >= 4 is 5.91 Å². The van der Waals surface area contributed by atoms with Crippen LogP contribution in [0, 0.1) is 5.92 Å². The highest BCUT2D eigenvalue weighted by atomic mass is 16.5. The van der Waals surface area contributed by atoms with E-state index in [1.54, 1.807) is 0 Å². The first-order valence-corrected chi connectivity index (χ1v) is 7.48. The molecule has 1 atom stereocenters. The van der Waals surface area contributed by atoms with Gasteiger partial charge in [-0.15, -0.1) is 0 Å². The van der Waals surface area contributed by atoms with Gasteiger partial charge in [-0.25, -0.2) is 0 Å². The third-order valence-electron chi connectivity index (χ3n) is 3.92. The lowest BCUT2D eigenvalue weighted by atomic mass is 10.0. The van der Waals surface area contributed by atoms with E-state index in [0.717, 1.165) is 32.4 Å². The molecule has 4 heteroatoms. The highest BCUT2D eigenvalue weighted by Crippen LogP contribution is 2.15. The summed E-state index contributed by atoms with van der Waals surface area (Å²) in [6.45, 7) is 8.61. The van der Waals surface area contributed by atoms with Gasteiger partial charge in [0.05, 0.1) is 0 Å². The Bertz CT molecular complexity index is 271. The summed E-state index contributed by atoms with van der Waals surface area (Å²) in [4.78, 5) is 16.5. The smallest absolute Gasteiger partial charge is 0.251 e. The second-order valence-corrected chi connectivity index (χ2v) is 6.22. The molecule has 112 valence electrons. The lowest BCUT2D eigenvalue weighted by Crippen LogP contribution is -2.47. The van der Waals surface area contributed by atoms with E-state index in [1.165, 1.54) is 0 Å². The normalized spacial score (nSPS) is 19.2. The van der Waals surface area contributed by atoms with E-state index in [-0.39, 0.29) is 12.0 Å². The van der Waals surface area contributed by atoms with Crippen molar-refractivity contribution in [2.45, 2.75) is 52.2 Å². The second-order valence-electron chi connectivity index (χ2n) is 6.22. The molecule has 1 amide bonds. The van der Waals surface area contributed by atoms with E-state index in [9.17, 15) is 4.79 Å². The summed E-state index contributed by atoms with van der Waals surface area (Å²) < 4.78 is 5.64. The molecule has 1 aliphatic heterocycles. The Morgan fingerprint density at radius 1 is 1.26 bits per heavy atom. The van der Waals surface area contributed by atoms with Gasteiger partial charge in [-0.3, -0.25) is 4.79 Å². The fourth-order valence-corrected chi connectivity index (χ4v) is 2.41. The fourth-order valence-electron chi connectivity index (χ4n) is 2.41. The minimum atomic E-state index is -0.297. The molecule has 0 spiro atoms. The van der Waals surface area contributed by atoms with Crippen LogP contribution >= 0.6 is 0 Å².